The van der Waals surface area contributed by atoms with Gasteiger partial charge in [0.05, 0.1) is 0 Å². The van der Waals surface area contributed by atoms with E-state index in [1.54, 1.807) is 0 Å². The van der Waals surface area contributed by atoms with Gasteiger partial charge in [-0.2, -0.15) is 11.8 Å². The van der Waals surface area contributed by atoms with Crippen molar-refractivity contribution in [3.05, 3.63) is 48.0 Å². The zero-order chi connectivity index (χ0) is 12.4. The summed E-state index contributed by atoms with van der Waals surface area (Å²) in [5.74, 6) is 1.18. The van der Waals surface area contributed by atoms with E-state index in [0.29, 0.717) is 6.04 Å². The Hall–Kier alpha value is -0.990. The van der Waals surface area contributed by atoms with Gasteiger partial charge >= 0.3 is 0 Å². The summed E-state index contributed by atoms with van der Waals surface area (Å²) in [7, 11) is 0. The normalized spacial score (nSPS) is 24.9. The molecule has 3 rings (SSSR count). The van der Waals surface area contributed by atoms with E-state index in [2.05, 4.69) is 66.5 Å². The van der Waals surface area contributed by atoms with Crippen LogP contribution in [0.25, 0.3) is 10.8 Å². The standard InChI is InChI=1S/C16H19NS/c1-12-9-10-17-16(11-18-12)15-8-4-6-13-5-2-3-7-14(13)15/h2-8,12,16-17H,9-11H2,1H3. The minimum absolute atomic E-state index is 0.492. The van der Waals surface area contributed by atoms with Crippen LogP contribution in [0, 0.1) is 0 Å². The molecule has 0 radical (unpaired) electrons. The summed E-state index contributed by atoms with van der Waals surface area (Å²) in [6.07, 6.45) is 1.27. The Morgan fingerprint density at radius 1 is 1.11 bits per heavy atom. The molecule has 0 amide bonds. The van der Waals surface area contributed by atoms with Crippen molar-refractivity contribution in [2.75, 3.05) is 12.3 Å². The molecule has 2 unspecified atom stereocenters. The van der Waals surface area contributed by atoms with Gasteiger partial charge in [-0.25, -0.2) is 0 Å². The lowest BCUT2D eigenvalue weighted by atomic mass is 9.99. The van der Waals surface area contributed by atoms with Crippen molar-refractivity contribution in [3.8, 4) is 0 Å². The van der Waals surface area contributed by atoms with Gasteiger partial charge in [-0.05, 0) is 29.3 Å². The number of rotatable bonds is 1. The second kappa shape index (κ2) is 5.33. The molecule has 1 nitrogen and oxygen atoms in total. The van der Waals surface area contributed by atoms with Crippen molar-refractivity contribution in [1.29, 1.82) is 0 Å². The van der Waals surface area contributed by atoms with E-state index in [-0.39, 0.29) is 0 Å². The summed E-state index contributed by atoms with van der Waals surface area (Å²) in [6, 6.07) is 15.8. The first-order valence-corrected chi connectivity index (χ1v) is 7.72. The van der Waals surface area contributed by atoms with Crippen molar-refractivity contribution in [3.63, 3.8) is 0 Å². The van der Waals surface area contributed by atoms with E-state index >= 15 is 0 Å². The molecule has 1 saturated heterocycles. The molecule has 2 heteroatoms. The van der Waals surface area contributed by atoms with Crippen LogP contribution in [0.5, 0.6) is 0 Å². The minimum atomic E-state index is 0.492. The molecule has 2 aromatic carbocycles. The maximum atomic E-state index is 3.70. The summed E-state index contributed by atoms with van der Waals surface area (Å²) in [4.78, 5) is 0. The Balaban J connectivity index is 1.98. The highest BCUT2D eigenvalue weighted by atomic mass is 32.2. The van der Waals surface area contributed by atoms with Gasteiger partial charge in [-0.3, -0.25) is 0 Å². The van der Waals surface area contributed by atoms with E-state index in [4.69, 9.17) is 0 Å². The largest absolute Gasteiger partial charge is 0.309 e. The summed E-state index contributed by atoms with van der Waals surface area (Å²) in [5, 5.41) is 7.22. The first-order chi connectivity index (χ1) is 8.84. The van der Waals surface area contributed by atoms with Gasteiger partial charge in [-0.15, -0.1) is 0 Å². The van der Waals surface area contributed by atoms with Gasteiger partial charge in [0.2, 0.25) is 0 Å². The van der Waals surface area contributed by atoms with Gasteiger partial charge in [0, 0.05) is 17.0 Å². The molecule has 0 aliphatic carbocycles. The zero-order valence-corrected chi connectivity index (χ0v) is 11.5. The van der Waals surface area contributed by atoms with Crippen LogP contribution in [0.4, 0.5) is 0 Å². The third-order valence-electron chi connectivity index (χ3n) is 3.69. The van der Waals surface area contributed by atoms with Crippen LogP contribution in [0.2, 0.25) is 0 Å². The first-order valence-electron chi connectivity index (χ1n) is 6.67. The van der Waals surface area contributed by atoms with Crippen LogP contribution in [0.1, 0.15) is 24.9 Å². The average Bonchev–Trinajstić information content (AvgIpc) is 2.63. The van der Waals surface area contributed by atoms with Crippen LogP contribution in [-0.4, -0.2) is 17.5 Å². The van der Waals surface area contributed by atoms with Crippen LogP contribution in [-0.2, 0) is 0 Å². The van der Waals surface area contributed by atoms with Crippen LogP contribution in [0.3, 0.4) is 0 Å². The van der Waals surface area contributed by atoms with Crippen LogP contribution >= 0.6 is 11.8 Å². The number of thioether (sulfide) groups is 1. The molecular weight excluding hydrogens is 238 g/mol. The van der Waals surface area contributed by atoms with Gasteiger partial charge in [0.25, 0.3) is 0 Å². The fourth-order valence-electron chi connectivity index (χ4n) is 2.62. The maximum absolute atomic E-state index is 3.70. The van der Waals surface area contributed by atoms with Crippen molar-refractivity contribution in [1.82, 2.24) is 5.32 Å². The van der Waals surface area contributed by atoms with Gasteiger partial charge < -0.3 is 5.32 Å². The van der Waals surface area contributed by atoms with E-state index in [1.807, 2.05) is 0 Å². The highest BCUT2D eigenvalue weighted by Crippen LogP contribution is 2.30. The van der Waals surface area contributed by atoms with E-state index in [9.17, 15) is 0 Å². The highest BCUT2D eigenvalue weighted by molar-refractivity contribution is 7.99. The van der Waals surface area contributed by atoms with Crippen molar-refractivity contribution in [2.24, 2.45) is 0 Å². The molecule has 1 heterocycles. The number of benzene rings is 2. The molecule has 2 atom stereocenters. The van der Waals surface area contributed by atoms with E-state index in [1.165, 1.54) is 28.5 Å². The molecule has 1 N–H and O–H groups in total. The van der Waals surface area contributed by atoms with Crippen molar-refractivity contribution < 1.29 is 0 Å². The topological polar surface area (TPSA) is 12.0 Å². The maximum Gasteiger partial charge on any atom is 0.0418 e. The van der Waals surface area contributed by atoms with Gasteiger partial charge in [0.1, 0.15) is 0 Å². The number of hydrogen-bond donors (Lipinski definition) is 1. The Kier molecular flexibility index (Phi) is 3.57. The Morgan fingerprint density at radius 2 is 1.94 bits per heavy atom. The van der Waals surface area contributed by atoms with Crippen molar-refractivity contribution in [2.45, 2.75) is 24.6 Å². The molecule has 2 aromatic rings. The molecular formula is C16H19NS. The SMILES string of the molecule is CC1CCNC(c2cccc3ccccc23)CS1. The molecule has 0 saturated carbocycles. The van der Waals surface area contributed by atoms with Gasteiger partial charge in [-0.1, -0.05) is 49.4 Å². The van der Waals surface area contributed by atoms with E-state index < -0.39 is 0 Å². The first kappa shape index (κ1) is 12.1. The zero-order valence-electron chi connectivity index (χ0n) is 10.7. The third-order valence-corrected chi connectivity index (χ3v) is 5.02. The molecule has 1 aliphatic rings. The summed E-state index contributed by atoms with van der Waals surface area (Å²) in [5.41, 5.74) is 1.45. The lowest BCUT2D eigenvalue weighted by Crippen LogP contribution is -2.22. The predicted molar refractivity (Wildman–Crippen MR) is 81.2 cm³/mol. The second-order valence-electron chi connectivity index (χ2n) is 5.01. The number of fused-ring (bicyclic) bond motifs is 1. The Bertz CT molecular complexity index is 532. The van der Waals surface area contributed by atoms with Gasteiger partial charge in [0.15, 0.2) is 0 Å². The molecule has 94 valence electrons. The quantitative estimate of drug-likeness (QED) is 0.829. The summed E-state index contributed by atoms with van der Waals surface area (Å²) in [6.45, 7) is 3.46. The highest BCUT2D eigenvalue weighted by Gasteiger charge is 2.18. The Labute approximate surface area is 113 Å². The molecule has 1 aliphatic heterocycles. The molecule has 18 heavy (non-hydrogen) atoms. The lowest BCUT2D eigenvalue weighted by Gasteiger charge is -2.18. The molecule has 0 bridgehead atoms. The average molecular weight is 257 g/mol. The summed E-state index contributed by atoms with van der Waals surface area (Å²) >= 11 is 2.09. The number of nitrogens with one attached hydrogen (secondary N) is 1. The molecule has 1 fully saturated rings. The minimum Gasteiger partial charge on any atom is -0.309 e. The molecule has 0 spiro atoms. The lowest BCUT2D eigenvalue weighted by molar-refractivity contribution is 0.581. The summed E-state index contributed by atoms with van der Waals surface area (Å²) < 4.78 is 0. The van der Waals surface area contributed by atoms with Crippen LogP contribution < -0.4 is 5.32 Å². The number of hydrogen-bond acceptors (Lipinski definition) is 2. The fraction of sp³-hybridized carbons (Fsp3) is 0.375. The Morgan fingerprint density at radius 3 is 2.89 bits per heavy atom. The fourth-order valence-corrected chi connectivity index (χ4v) is 3.72. The van der Waals surface area contributed by atoms with Crippen LogP contribution in [0.15, 0.2) is 42.5 Å². The monoisotopic (exact) mass is 257 g/mol. The molecule has 0 aromatic heterocycles. The van der Waals surface area contributed by atoms with E-state index in [0.717, 1.165) is 11.8 Å². The predicted octanol–water partition coefficient (Wildman–Crippen LogP) is 4.00. The second-order valence-corrected chi connectivity index (χ2v) is 6.48. The third kappa shape index (κ3) is 2.40. The van der Waals surface area contributed by atoms with Crippen molar-refractivity contribution >= 4 is 22.5 Å². The smallest absolute Gasteiger partial charge is 0.0418 e.